The first-order valence-corrected chi connectivity index (χ1v) is 9.59. The minimum atomic E-state index is -3.88. The van der Waals surface area contributed by atoms with Gasteiger partial charge in [0.15, 0.2) is 0 Å². The largest absolute Gasteiger partial charge is 0.478 e. The molecule has 1 aromatic heterocycles. The van der Waals surface area contributed by atoms with Crippen LogP contribution in [0.1, 0.15) is 27.4 Å². The molecule has 0 amide bonds. The number of rotatable bonds is 8. The van der Waals surface area contributed by atoms with Crippen LogP contribution in [0.25, 0.3) is 0 Å². The molecule has 0 spiro atoms. The number of carboxylic acid groups (broad SMARTS) is 1. The number of furan rings is 1. The van der Waals surface area contributed by atoms with Crippen molar-refractivity contribution in [3.63, 3.8) is 0 Å². The molecule has 1 aromatic carbocycles. The number of carbonyl (C=O) groups is 1. The van der Waals surface area contributed by atoms with Crippen LogP contribution in [-0.2, 0) is 16.6 Å². The maximum atomic E-state index is 13.1. The number of aryl methyl sites for hydroxylation is 2. The van der Waals surface area contributed by atoms with E-state index in [0.29, 0.717) is 23.6 Å². The minimum absolute atomic E-state index is 0.0209. The molecule has 8 heteroatoms. The minimum Gasteiger partial charge on any atom is -0.478 e. The number of likely N-dealkylation sites (N-methyl/N-ethyl adjacent to an activating group) is 1. The summed E-state index contributed by atoms with van der Waals surface area (Å²) >= 11 is 0. The summed E-state index contributed by atoms with van der Waals surface area (Å²) in [7, 11) is -0.160. The van der Waals surface area contributed by atoms with Crippen molar-refractivity contribution in [1.82, 2.24) is 9.21 Å². The number of sulfonamides is 1. The molecule has 1 heterocycles. The molecule has 0 unspecified atom stereocenters. The number of carboxylic acids is 1. The molecule has 0 aliphatic carbocycles. The molecule has 2 aromatic rings. The van der Waals surface area contributed by atoms with E-state index in [9.17, 15) is 18.3 Å². The number of hydrogen-bond acceptors (Lipinski definition) is 5. The fraction of sp³-hybridized carbons (Fsp3) is 0.389. The summed E-state index contributed by atoms with van der Waals surface area (Å²) in [6.45, 7) is 4.29. The predicted octanol–water partition coefficient (Wildman–Crippen LogP) is 2.35. The fourth-order valence-corrected chi connectivity index (χ4v) is 3.90. The summed E-state index contributed by atoms with van der Waals surface area (Å²) in [5, 5.41) is 9.28. The zero-order valence-corrected chi connectivity index (χ0v) is 16.2. The monoisotopic (exact) mass is 380 g/mol. The van der Waals surface area contributed by atoms with E-state index in [1.807, 2.05) is 19.0 Å². The van der Waals surface area contributed by atoms with Crippen LogP contribution >= 0.6 is 0 Å². The zero-order chi connectivity index (χ0) is 19.5. The lowest BCUT2D eigenvalue weighted by atomic mass is 10.1. The molecule has 0 aliphatic heterocycles. The van der Waals surface area contributed by atoms with Gasteiger partial charge in [-0.15, -0.1) is 0 Å². The summed E-state index contributed by atoms with van der Waals surface area (Å²) in [5.41, 5.74) is 0.491. The Morgan fingerprint density at radius 1 is 1.12 bits per heavy atom. The van der Waals surface area contributed by atoms with Crippen LogP contribution in [0.3, 0.4) is 0 Å². The van der Waals surface area contributed by atoms with Crippen LogP contribution in [-0.4, -0.2) is 55.9 Å². The number of aromatic carboxylic acids is 1. The van der Waals surface area contributed by atoms with Crippen molar-refractivity contribution >= 4 is 16.0 Å². The maximum Gasteiger partial charge on any atom is 0.335 e. The molecule has 0 bridgehead atoms. The van der Waals surface area contributed by atoms with E-state index in [1.54, 1.807) is 26.0 Å². The van der Waals surface area contributed by atoms with E-state index in [1.165, 1.54) is 22.5 Å². The lowest BCUT2D eigenvalue weighted by Gasteiger charge is -2.23. The van der Waals surface area contributed by atoms with Crippen LogP contribution in [0.4, 0.5) is 0 Å². The van der Waals surface area contributed by atoms with Crippen LogP contribution in [0.2, 0.25) is 0 Å². The second-order valence-corrected chi connectivity index (χ2v) is 8.37. The van der Waals surface area contributed by atoms with Gasteiger partial charge in [-0.05, 0) is 57.8 Å². The lowest BCUT2D eigenvalue weighted by Crippen LogP contribution is -2.36. The van der Waals surface area contributed by atoms with E-state index in [2.05, 4.69) is 0 Å². The Balaban J connectivity index is 2.40. The average molecular weight is 380 g/mol. The fourth-order valence-electron chi connectivity index (χ4n) is 2.48. The highest BCUT2D eigenvalue weighted by molar-refractivity contribution is 7.89. The molecule has 1 N–H and O–H groups in total. The Labute approximate surface area is 153 Å². The van der Waals surface area contributed by atoms with Gasteiger partial charge in [0, 0.05) is 13.1 Å². The summed E-state index contributed by atoms with van der Waals surface area (Å²) in [6, 6.07) is 7.68. The van der Waals surface area contributed by atoms with Gasteiger partial charge in [-0.3, -0.25) is 0 Å². The summed E-state index contributed by atoms with van der Waals surface area (Å²) < 4.78 is 33.1. The first kappa shape index (κ1) is 20.2. The van der Waals surface area contributed by atoms with Crippen molar-refractivity contribution in [3.8, 4) is 0 Å². The van der Waals surface area contributed by atoms with Gasteiger partial charge in [-0.1, -0.05) is 6.07 Å². The average Bonchev–Trinajstić information content (AvgIpc) is 2.96. The number of nitrogens with zero attached hydrogens (tertiary/aromatic N) is 2. The second-order valence-electron chi connectivity index (χ2n) is 6.44. The molecular weight excluding hydrogens is 356 g/mol. The normalized spacial score (nSPS) is 12.1. The SMILES string of the molecule is Cc1ccc(CN(CCN(C)C)S(=O)(=O)c2ccc(C)c(C(=O)O)c2)o1. The van der Waals surface area contributed by atoms with Crippen molar-refractivity contribution < 1.29 is 22.7 Å². The van der Waals surface area contributed by atoms with Crippen LogP contribution in [0.5, 0.6) is 0 Å². The van der Waals surface area contributed by atoms with Gasteiger partial charge in [0.05, 0.1) is 17.0 Å². The van der Waals surface area contributed by atoms with E-state index in [4.69, 9.17) is 4.42 Å². The van der Waals surface area contributed by atoms with Crippen molar-refractivity contribution in [2.75, 3.05) is 27.2 Å². The molecule has 0 radical (unpaired) electrons. The lowest BCUT2D eigenvalue weighted by molar-refractivity contribution is 0.0696. The van der Waals surface area contributed by atoms with Gasteiger partial charge in [0.2, 0.25) is 10.0 Å². The van der Waals surface area contributed by atoms with Crippen molar-refractivity contribution in [2.24, 2.45) is 0 Å². The molecule has 0 fully saturated rings. The van der Waals surface area contributed by atoms with Gasteiger partial charge in [0.1, 0.15) is 11.5 Å². The summed E-state index contributed by atoms with van der Waals surface area (Å²) in [5.74, 6) is 0.0879. The molecule has 2 rings (SSSR count). The van der Waals surface area contributed by atoms with Crippen molar-refractivity contribution in [2.45, 2.75) is 25.3 Å². The van der Waals surface area contributed by atoms with E-state index in [0.717, 1.165) is 0 Å². The number of benzene rings is 1. The number of hydrogen-bond donors (Lipinski definition) is 1. The Morgan fingerprint density at radius 3 is 2.35 bits per heavy atom. The molecule has 0 atom stereocenters. The van der Waals surface area contributed by atoms with E-state index in [-0.39, 0.29) is 23.5 Å². The third-order valence-corrected chi connectivity index (χ3v) is 5.84. The molecule has 0 saturated heterocycles. The van der Waals surface area contributed by atoms with E-state index < -0.39 is 16.0 Å². The molecule has 7 nitrogen and oxygen atoms in total. The predicted molar refractivity (Wildman–Crippen MR) is 97.7 cm³/mol. The first-order valence-electron chi connectivity index (χ1n) is 8.15. The second kappa shape index (κ2) is 8.03. The van der Waals surface area contributed by atoms with Crippen LogP contribution in [0, 0.1) is 13.8 Å². The van der Waals surface area contributed by atoms with E-state index >= 15 is 0 Å². The van der Waals surface area contributed by atoms with Gasteiger partial charge in [0.25, 0.3) is 0 Å². The Bertz CT molecular complexity index is 887. The van der Waals surface area contributed by atoms with Gasteiger partial charge in [-0.25, -0.2) is 13.2 Å². The van der Waals surface area contributed by atoms with Gasteiger partial charge >= 0.3 is 5.97 Å². The quantitative estimate of drug-likeness (QED) is 0.756. The first-order chi connectivity index (χ1) is 12.1. The summed E-state index contributed by atoms with van der Waals surface area (Å²) in [6.07, 6.45) is 0. The highest BCUT2D eigenvalue weighted by Gasteiger charge is 2.27. The van der Waals surface area contributed by atoms with Crippen LogP contribution < -0.4 is 0 Å². The van der Waals surface area contributed by atoms with Crippen molar-refractivity contribution in [1.29, 1.82) is 0 Å². The Morgan fingerprint density at radius 2 is 1.81 bits per heavy atom. The molecular formula is C18H24N2O5S. The molecule has 142 valence electrons. The smallest absolute Gasteiger partial charge is 0.335 e. The summed E-state index contributed by atoms with van der Waals surface area (Å²) in [4.78, 5) is 13.2. The molecule has 0 aliphatic rings. The third kappa shape index (κ3) is 4.72. The Hall–Kier alpha value is -2.16. The third-order valence-electron chi connectivity index (χ3n) is 4.00. The standard InChI is InChI=1S/C18H24N2O5S/c1-13-5-8-16(11-17(13)18(21)22)26(23,24)20(10-9-19(3)4)12-15-7-6-14(2)25-15/h5-8,11H,9-10,12H2,1-4H3,(H,21,22). The highest BCUT2D eigenvalue weighted by atomic mass is 32.2. The highest BCUT2D eigenvalue weighted by Crippen LogP contribution is 2.22. The van der Waals surface area contributed by atoms with Crippen molar-refractivity contribution in [3.05, 3.63) is 53.0 Å². The van der Waals surface area contributed by atoms with Gasteiger partial charge < -0.3 is 14.4 Å². The zero-order valence-electron chi connectivity index (χ0n) is 15.4. The maximum absolute atomic E-state index is 13.1. The topological polar surface area (TPSA) is 91.1 Å². The van der Waals surface area contributed by atoms with Gasteiger partial charge in [-0.2, -0.15) is 4.31 Å². The Kier molecular flexibility index (Phi) is 6.22. The van der Waals surface area contributed by atoms with Crippen LogP contribution in [0.15, 0.2) is 39.6 Å². The molecule has 0 saturated carbocycles. The molecule has 26 heavy (non-hydrogen) atoms.